The number of amides is 4. The average molecular weight is 438 g/mol. The zero-order valence-electron chi connectivity index (χ0n) is 17.5. The first-order chi connectivity index (χ1) is 14.7. The summed E-state index contributed by atoms with van der Waals surface area (Å²) in [5.74, 6) is -2.52. The molecule has 0 bridgehead atoms. The molecule has 1 aliphatic heterocycles. The van der Waals surface area contributed by atoms with Crippen LogP contribution in [-0.4, -0.2) is 52.5 Å². The van der Waals surface area contributed by atoms with Gasteiger partial charge < -0.3 is 9.57 Å². The van der Waals surface area contributed by atoms with Gasteiger partial charge in [-0.3, -0.25) is 24.0 Å². The van der Waals surface area contributed by atoms with Crippen LogP contribution in [-0.2, 0) is 38.4 Å². The molecule has 2 rings (SSSR count). The fourth-order valence-corrected chi connectivity index (χ4v) is 3.17. The molecule has 0 radical (unpaired) electrons. The van der Waals surface area contributed by atoms with Crippen molar-refractivity contribution >= 4 is 36.3 Å². The van der Waals surface area contributed by atoms with E-state index in [0.29, 0.717) is 24.3 Å². The molecule has 11 nitrogen and oxygen atoms in total. The first-order valence-electron chi connectivity index (χ1n) is 10.1. The Morgan fingerprint density at radius 2 is 1.90 bits per heavy atom. The van der Waals surface area contributed by atoms with E-state index in [-0.39, 0.29) is 43.6 Å². The molecule has 0 spiro atoms. The summed E-state index contributed by atoms with van der Waals surface area (Å²) in [4.78, 5) is 80.4. The number of rotatable bonds is 6. The van der Waals surface area contributed by atoms with E-state index in [1.807, 2.05) is 0 Å². The summed E-state index contributed by atoms with van der Waals surface area (Å²) in [6, 6.07) is 0. The van der Waals surface area contributed by atoms with Gasteiger partial charge in [-0.2, -0.15) is 0 Å². The summed E-state index contributed by atoms with van der Waals surface area (Å²) >= 11 is 0. The minimum Gasteiger partial charge on any atom is -0.425 e. The lowest BCUT2D eigenvalue weighted by Crippen LogP contribution is -2.40. The summed E-state index contributed by atoms with van der Waals surface area (Å²) in [6.07, 6.45) is 3.22. The molecule has 4 amide bonds. The van der Waals surface area contributed by atoms with Crippen molar-refractivity contribution in [3.8, 4) is 0 Å². The number of imide groups is 2. The van der Waals surface area contributed by atoms with Gasteiger partial charge in [0, 0.05) is 19.3 Å². The van der Waals surface area contributed by atoms with Crippen LogP contribution in [0.15, 0.2) is 12.2 Å². The molecule has 1 aliphatic carbocycles. The van der Waals surface area contributed by atoms with Crippen LogP contribution in [0.2, 0.25) is 0 Å². The molecule has 0 aromatic carbocycles. The van der Waals surface area contributed by atoms with Crippen LogP contribution in [0.5, 0.6) is 0 Å². The van der Waals surface area contributed by atoms with Gasteiger partial charge in [0.05, 0.1) is 5.41 Å². The summed E-state index contributed by atoms with van der Waals surface area (Å²) in [5.41, 5.74) is -1.02. The normalized spacial score (nSPS) is 24.6. The Morgan fingerprint density at radius 3 is 2.52 bits per heavy atom. The van der Waals surface area contributed by atoms with E-state index < -0.39 is 41.4 Å². The van der Waals surface area contributed by atoms with Gasteiger partial charge in [-0.05, 0) is 45.1 Å². The predicted molar refractivity (Wildman–Crippen MR) is 102 cm³/mol. The first kappa shape index (κ1) is 24.0. The fourth-order valence-electron chi connectivity index (χ4n) is 3.17. The number of carbonyl (C=O) groups is 6. The molecule has 2 atom stereocenters. The van der Waals surface area contributed by atoms with E-state index in [1.54, 1.807) is 26.0 Å². The van der Waals surface area contributed by atoms with Crippen molar-refractivity contribution in [3.05, 3.63) is 12.2 Å². The van der Waals surface area contributed by atoms with E-state index in [4.69, 9.17) is 9.57 Å². The smallest absolute Gasteiger partial charge is 0.425 e. The second-order valence-corrected chi connectivity index (χ2v) is 7.60. The Kier molecular flexibility index (Phi) is 8.29. The SMILES string of the molecule is CCCC(=O)N(C=O)OC(=O)O[C@@H]1/C=C/CC[C@](C)(C(=O)ON2C(=O)CCC2=O)CC1. The predicted octanol–water partition coefficient (Wildman–Crippen LogP) is 1.95. The Labute approximate surface area is 179 Å². The van der Waals surface area contributed by atoms with Gasteiger partial charge in [0.2, 0.25) is 0 Å². The van der Waals surface area contributed by atoms with E-state index in [9.17, 15) is 28.8 Å². The minimum atomic E-state index is -1.23. The Balaban J connectivity index is 1.95. The van der Waals surface area contributed by atoms with Crippen molar-refractivity contribution in [2.45, 2.75) is 71.3 Å². The number of nitrogens with zero attached hydrogens (tertiary/aromatic N) is 2. The van der Waals surface area contributed by atoms with Crippen LogP contribution in [0.1, 0.15) is 65.2 Å². The van der Waals surface area contributed by atoms with Crippen molar-refractivity contribution in [1.29, 1.82) is 0 Å². The molecule has 31 heavy (non-hydrogen) atoms. The third-order valence-corrected chi connectivity index (χ3v) is 5.09. The Morgan fingerprint density at radius 1 is 1.23 bits per heavy atom. The second kappa shape index (κ2) is 10.7. The summed E-state index contributed by atoms with van der Waals surface area (Å²) in [5, 5.41) is 0.791. The number of hydrogen-bond donors (Lipinski definition) is 0. The molecular weight excluding hydrogens is 412 g/mol. The third kappa shape index (κ3) is 6.37. The number of carbonyl (C=O) groups excluding carboxylic acids is 6. The maximum Gasteiger partial charge on any atom is 0.534 e. The molecule has 0 unspecified atom stereocenters. The summed E-state index contributed by atoms with van der Waals surface area (Å²) < 4.78 is 5.16. The molecule has 0 aromatic rings. The average Bonchev–Trinajstić information content (AvgIpc) is 3.03. The van der Waals surface area contributed by atoms with Crippen LogP contribution in [0.3, 0.4) is 0 Å². The molecule has 11 heteroatoms. The number of hydrogen-bond acceptors (Lipinski definition) is 9. The van der Waals surface area contributed by atoms with E-state index in [1.165, 1.54) is 0 Å². The highest BCUT2D eigenvalue weighted by molar-refractivity contribution is 6.01. The molecule has 1 saturated heterocycles. The highest BCUT2D eigenvalue weighted by Gasteiger charge is 2.41. The van der Waals surface area contributed by atoms with Crippen LogP contribution < -0.4 is 0 Å². The standard InChI is InChI=1S/C20H26N2O9/c1-3-6-15(24)21(13-23)31-19(28)29-14-7-4-5-11-20(2,12-10-14)18(27)30-22-16(25)8-9-17(22)26/h4,7,13-14H,3,5-6,8-12H2,1-2H3/b7-4+/t14-,20+/m1/s1. The molecule has 1 fully saturated rings. The second-order valence-electron chi connectivity index (χ2n) is 7.60. The van der Waals surface area contributed by atoms with Gasteiger partial charge in [-0.1, -0.05) is 13.0 Å². The lowest BCUT2D eigenvalue weighted by molar-refractivity contribution is -0.205. The summed E-state index contributed by atoms with van der Waals surface area (Å²) in [7, 11) is 0. The van der Waals surface area contributed by atoms with Crippen LogP contribution >= 0.6 is 0 Å². The lowest BCUT2D eigenvalue weighted by Gasteiger charge is -2.30. The molecule has 2 aliphatic rings. The van der Waals surface area contributed by atoms with Crippen molar-refractivity contribution in [1.82, 2.24) is 10.1 Å². The largest absolute Gasteiger partial charge is 0.534 e. The highest BCUT2D eigenvalue weighted by Crippen LogP contribution is 2.35. The van der Waals surface area contributed by atoms with E-state index >= 15 is 0 Å². The summed E-state index contributed by atoms with van der Waals surface area (Å²) in [6.45, 7) is 3.38. The Bertz CT molecular complexity index is 763. The number of hydroxylamine groups is 4. The molecule has 1 heterocycles. The fraction of sp³-hybridized carbons (Fsp3) is 0.600. The zero-order chi connectivity index (χ0) is 23.0. The molecule has 0 N–H and O–H groups in total. The maximum atomic E-state index is 12.7. The monoisotopic (exact) mass is 438 g/mol. The lowest BCUT2D eigenvalue weighted by atomic mass is 9.79. The van der Waals surface area contributed by atoms with Gasteiger partial charge >= 0.3 is 12.1 Å². The first-order valence-corrected chi connectivity index (χ1v) is 10.1. The maximum absolute atomic E-state index is 12.7. The van der Waals surface area contributed by atoms with Gasteiger partial charge in [0.15, 0.2) is 0 Å². The van der Waals surface area contributed by atoms with Crippen molar-refractivity contribution in [3.63, 3.8) is 0 Å². The third-order valence-electron chi connectivity index (χ3n) is 5.09. The number of allylic oxidation sites excluding steroid dienone is 1. The van der Waals surface area contributed by atoms with Crippen LogP contribution in [0.25, 0.3) is 0 Å². The van der Waals surface area contributed by atoms with Crippen molar-refractivity contribution < 1.29 is 43.2 Å². The Hall–Kier alpha value is -3.24. The highest BCUT2D eigenvalue weighted by atomic mass is 16.8. The van der Waals surface area contributed by atoms with E-state index in [2.05, 4.69) is 4.84 Å². The van der Waals surface area contributed by atoms with Crippen molar-refractivity contribution in [2.24, 2.45) is 5.41 Å². The number of ether oxygens (including phenoxy) is 1. The molecule has 170 valence electrons. The zero-order valence-corrected chi connectivity index (χ0v) is 17.5. The van der Waals surface area contributed by atoms with Gasteiger partial charge in [0.25, 0.3) is 24.1 Å². The van der Waals surface area contributed by atoms with Gasteiger partial charge in [-0.15, -0.1) is 10.1 Å². The minimum absolute atomic E-state index is 0.00214. The van der Waals surface area contributed by atoms with E-state index in [0.717, 1.165) is 0 Å². The molecular formula is C20H26N2O9. The van der Waals surface area contributed by atoms with Gasteiger partial charge in [0.1, 0.15) is 6.10 Å². The quantitative estimate of drug-likeness (QED) is 0.200. The molecule has 0 aromatic heterocycles. The van der Waals surface area contributed by atoms with Crippen LogP contribution in [0.4, 0.5) is 4.79 Å². The topological polar surface area (TPSA) is 137 Å². The van der Waals surface area contributed by atoms with Crippen LogP contribution in [0, 0.1) is 5.41 Å². The molecule has 0 saturated carbocycles. The van der Waals surface area contributed by atoms with Gasteiger partial charge in [-0.25, -0.2) is 9.59 Å². The van der Waals surface area contributed by atoms with Crippen molar-refractivity contribution in [2.75, 3.05) is 0 Å².